The van der Waals surface area contributed by atoms with Gasteiger partial charge in [-0.15, -0.1) is 0 Å². The minimum absolute atomic E-state index is 0.00888. The van der Waals surface area contributed by atoms with E-state index in [1.165, 1.54) is 6.42 Å². The number of rotatable bonds is 3. The Balaban J connectivity index is 1.86. The molecule has 114 valence electrons. The van der Waals surface area contributed by atoms with Crippen molar-refractivity contribution in [2.24, 2.45) is 0 Å². The number of para-hydroxylation sites is 1. The van der Waals surface area contributed by atoms with E-state index in [1.54, 1.807) is 19.1 Å². The zero-order chi connectivity index (χ0) is 15.2. The van der Waals surface area contributed by atoms with Gasteiger partial charge in [0.05, 0.1) is 0 Å². The number of nitrogens with zero attached hydrogens (tertiary/aromatic N) is 1. The molecule has 1 aromatic carbocycles. The van der Waals surface area contributed by atoms with E-state index in [4.69, 9.17) is 0 Å². The highest BCUT2D eigenvalue weighted by Gasteiger charge is 2.27. The van der Waals surface area contributed by atoms with E-state index < -0.39 is 6.04 Å². The summed E-state index contributed by atoms with van der Waals surface area (Å²) in [5, 5.41) is 5.43. The first-order valence-corrected chi connectivity index (χ1v) is 7.51. The number of hydrogen-bond donors (Lipinski definition) is 2. The fraction of sp³-hybridized carbons (Fsp3) is 0.500. The van der Waals surface area contributed by atoms with Gasteiger partial charge in [-0.05, 0) is 45.2 Å². The maximum absolute atomic E-state index is 12.4. The molecule has 1 aromatic rings. The molecular weight excluding hydrogens is 266 g/mol. The maximum atomic E-state index is 12.4. The summed E-state index contributed by atoms with van der Waals surface area (Å²) in [6, 6.07) is 8.57. The van der Waals surface area contributed by atoms with Crippen LogP contribution >= 0.6 is 0 Å². The lowest BCUT2D eigenvalue weighted by Gasteiger charge is -2.35. The van der Waals surface area contributed by atoms with Gasteiger partial charge in [-0.2, -0.15) is 0 Å². The van der Waals surface area contributed by atoms with E-state index in [0.29, 0.717) is 5.69 Å². The van der Waals surface area contributed by atoms with Crippen molar-refractivity contribution in [3.63, 3.8) is 0 Å². The van der Waals surface area contributed by atoms with Crippen LogP contribution in [0.1, 0.15) is 33.1 Å². The number of hydrogen-bond acceptors (Lipinski definition) is 2. The van der Waals surface area contributed by atoms with Crippen molar-refractivity contribution in [3.8, 4) is 0 Å². The number of urea groups is 1. The number of amides is 3. The van der Waals surface area contributed by atoms with E-state index in [1.807, 2.05) is 23.1 Å². The topological polar surface area (TPSA) is 61.4 Å². The van der Waals surface area contributed by atoms with E-state index >= 15 is 0 Å². The second-order valence-corrected chi connectivity index (χ2v) is 5.56. The van der Waals surface area contributed by atoms with Gasteiger partial charge in [0.2, 0.25) is 5.91 Å². The van der Waals surface area contributed by atoms with Gasteiger partial charge in [0.1, 0.15) is 6.04 Å². The molecule has 2 rings (SSSR count). The second-order valence-electron chi connectivity index (χ2n) is 5.56. The number of piperidine rings is 1. The molecule has 1 aliphatic rings. The summed E-state index contributed by atoms with van der Waals surface area (Å²) in [6.07, 6.45) is 3.24. The molecule has 0 unspecified atom stereocenters. The average molecular weight is 289 g/mol. The summed E-state index contributed by atoms with van der Waals surface area (Å²) in [4.78, 5) is 26.2. The predicted molar refractivity (Wildman–Crippen MR) is 83.1 cm³/mol. The van der Waals surface area contributed by atoms with E-state index in [0.717, 1.165) is 19.4 Å². The first-order chi connectivity index (χ1) is 10.1. The number of likely N-dealkylation sites (tertiary alicyclic amines) is 1. The Kier molecular flexibility index (Phi) is 5.20. The zero-order valence-corrected chi connectivity index (χ0v) is 12.6. The molecule has 2 atom stereocenters. The van der Waals surface area contributed by atoms with Gasteiger partial charge in [0.25, 0.3) is 0 Å². The zero-order valence-electron chi connectivity index (χ0n) is 12.6. The van der Waals surface area contributed by atoms with Crippen LogP contribution in [-0.2, 0) is 4.79 Å². The van der Waals surface area contributed by atoms with Gasteiger partial charge in [-0.25, -0.2) is 4.79 Å². The van der Waals surface area contributed by atoms with Crippen LogP contribution in [-0.4, -0.2) is 35.5 Å². The summed E-state index contributed by atoms with van der Waals surface area (Å²) < 4.78 is 0. The highest BCUT2D eigenvalue weighted by molar-refractivity contribution is 5.93. The van der Waals surface area contributed by atoms with Gasteiger partial charge in [-0.3, -0.25) is 4.79 Å². The van der Waals surface area contributed by atoms with Crippen molar-refractivity contribution >= 4 is 17.6 Å². The Bertz CT molecular complexity index is 490. The van der Waals surface area contributed by atoms with Crippen LogP contribution in [0.4, 0.5) is 10.5 Å². The monoisotopic (exact) mass is 289 g/mol. The molecule has 1 fully saturated rings. The van der Waals surface area contributed by atoms with E-state index in [9.17, 15) is 9.59 Å². The lowest BCUT2D eigenvalue weighted by atomic mass is 10.0. The van der Waals surface area contributed by atoms with Crippen LogP contribution in [0.25, 0.3) is 0 Å². The first-order valence-electron chi connectivity index (χ1n) is 7.51. The minimum atomic E-state index is -0.519. The first kappa shape index (κ1) is 15.4. The minimum Gasteiger partial charge on any atom is -0.338 e. The number of benzene rings is 1. The fourth-order valence-corrected chi connectivity index (χ4v) is 2.62. The molecule has 1 aliphatic heterocycles. The van der Waals surface area contributed by atoms with Crippen LogP contribution in [0.2, 0.25) is 0 Å². The van der Waals surface area contributed by atoms with Crippen LogP contribution in [0.3, 0.4) is 0 Å². The smallest absolute Gasteiger partial charge is 0.319 e. The van der Waals surface area contributed by atoms with E-state index in [-0.39, 0.29) is 18.0 Å². The Morgan fingerprint density at radius 1 is 1.24 bits per heavy atom. The molecule has 1 saturated heterocycles. The Morgan fingerprint density at radius 2 is 1.95 bits per heavy atom. The van der Waals surface area contributed by atoms with Crippen LogP contribution in [0.5, 0.6) is 0 Å². The summed E-state index contributed by atoms with van der Waals surface area (Å²) in [7, 11) is 0. The van der Waals surface area contributed by atoms with Gasteiger partial charge >= 0.3 is 6.03 Å². The number of carbonyl (C=O) groups excluding carboxylic acids is 2. The van der Waals surface area contributed by atoms with Crippen LogP contribution in [0.15, 0.2) is 30.3 Å². The highest BCUT2D eigenvalue weighted by Crippen LogP contribution is 2.17. The largest absolute Gasteiger partial charge is 0.338 e. The van der Waals surface area contributed by atoms with Gasteiger partial charge < -0.3 is 15.5 Å². The molecule has 0 bridgehead atoms. The molecule has 21 heavy (non-hydrogen) atoms. The Morgan fingerprint density at radius 3 is 2.62 bits per heavy atom. The standard InChI is InChI=1S/C16H23N3O2/c1-12-8-6-7-11-19(12)15(20)13(2)17-16(21)18-14-9-4-3-5-10-14/h3-5,9-10,12-13H,6-8,11H2,1-2H3,(H2,17,18,21)/t12-,13+/m0/s1. The Hall–Kier alpha value is -2.04. The molecule has 0 radical (unpaired) electrons. The summed E-state index contributed by atoms with van der Waals surface area (Å²) in [6.45, 7) is 4.58. The lowest BCUT2D eigenvalue weighted by Crippen LogP contribution is -2.52. The van der Waals surface area contributed by atoms with Gasteiger partial charge in [-0.1, -0.05) is 18.2 Å². The summed E-state index contributed by atoms with van der Waals surface area (Å²) in [5.74, 6) is -0.00888. The molecule has 2 N–H and O–H groups in total. The normalized spacial score (nSPS) is 19.7. The number of carbonyl (C=O) groups is 2. The third-order valence-corrected chi connectivity index (χ3v) is 3.84. The molecule has 3 amide bonds. The number of nitrogens with one attached hydrogen (secondary N) is 2. The fourth-order valence-electron chi connectivity index (χ4n) is 2.62. The molecule has 5 nitrogen and oxygen atoms in total. The van der Waals surface area contributed by atoms with Crippen molar-refractivity contribution in [3.05, 3.63) is 30.3 Å². The van der Waals surface area contributed by atoms with Crippen molar-refractivity contribution in [2.45, 2.75) is 45.2 Å². The van der Waals surface area contributed by atoms with E-state index in [2.05, 4.69) is 17.6 Å². The van der Waals surface area contributed by atoms with Gasteiger partial charge in [0.15, 0.2) is 0 Å². The molecule has 0 saturated carbocycles. The van der Waals surface area contributed by atoms with Crippen molar-refractivity contribution in [1.82, 2.24) is 10.2 Å². The quantitative estimate of drug-likeness (QED) is 0.898. The van der Waals surface area contributed by atoms with Crippen molar-refractivity contribution in [2.75, 3.05) is 11.9 Å². The maximum Gasteiger partial charge on any atom is 0.319 e. The lowest BCUT2D eigenvalue weighted by molar-refractivity contribution is -0.136. The molecular formula is C16H23N3O2. The molecule has 0 aliphatic carbocycles. The Labute approximate surface area is 125 Å². The van der Waals surface area contributed by atoms with Crippen LogP contribution in [0, 0.1) is 0 Å². The molecule has 5 heteroatoms. The third kappa shape index (κ3) is 4.21. The summed E-state index contributed by atoms with van der Waals surface area (Å²) >= 11 is 0. The SMILES string of the molecule is C[C@@H](NC(=O)Nc1ccccc1)C(=O)N1CCCC[C@@H]1C. The number of anilines is 1. The highest BCUT2D eigenvalue weighted by atomic mass is 16.2. The second kappa shape index (κ2) is 7.11. The van der Waals surface area contributed by atoms with Crippen molar-refractivity contribution < 1.29 is 9.59 Å². The molecule has 1 heterocycles. The van der Waals surface area contributed by atoms with Gasteiger partial charge in [0, 0.05) is 18.3 Å². The molecule has 0 aromatic heterocycles. The van der Waals surface area contributed by atoms with Crippen molar-refractivity contribution in [1.29, 1.82) is 0 Å². The van der Waals surface area contributed by atoms with Crippen LogP contribution < -0.4 is 10.6 Å². The average Bonchev–Trinajstić information content (AvgIpc) is 2.48. The third-order valence-electron chi connectivity index (χ3n) is 3.84. The summed E-state index contributed by atoms with van der Waals surface area (Å²) in [5.41, 5.74) is 0.709. The predicted octanol–water partition coefficient (Wildman–Crippen LogP) is 2.60. The molecule has 0 spiro atoms.